The molecule has 20 heavy (non-hydrogen) atoms. The molecular weight excluding hydrogens is 253 g/mol. The minimum absolute atomic E-state index is 0.0612. The van der Waals surface area contributed by atoms with Crippen LogP contribution >= 0.6 is 0 Å². The maximum Gasteiger partial charge on any atom is 0.125 e. The number of nitrogen functional groups attached to an aromatic ring is 1. The van der Waals surface area contributed by atoms with Gasteiger partial charge < -0.3 is 10.6 Å². The molecule has 3 N–H and O–H groups in total. The summed E-state index contributed by atoms with van der Waals surface area (Å²) >= 11 is 0. The van der Waals surface area contributed by atoms with Crippen molar-refractivity contribution >= 4 is 11.5 Å². The fourth-order valence-electron chi connectivity index (χ4n) is 3.10. The zero-order valence-electron chi connectivity index (χ0n) is 12.2. The molecule has 0 saturated carbocycles. The normalized spacial score (nSPS) is 19.7. The molecule has 110 valence electrons. The summed E-state index contributed by atoms with van der Waals surface area (Å²) in [7, 11) is 0. The maximum atomic E-state index is 13.3. The summed E-state index contributed by atoms with van der Waals surface area (Å²) in [5, 5.41) is 7.64. The molecule has 4 heteroatoms. The average Bonchev–Trinajstić information content (AvgIpc) is 2.65. The van der Waals surface area contributed by atoms with Crippen molar-refractivity contribution in [2.75, 3.05) is 18.0 Å². The van der Waals surface area contributed by atoms with Crippen LogP contribution in [0.1, 0.15) is 44.6 Å². The molecule has 1 aliphatic heterocycles. The Morgan fingerprint density at radius 2 is 2.20 bits per heavy atom. The number of halogens is 1. The first kappa shape index (κ1) is 14.8. The van der Waals surface area contributed by atoms with E-state index in [0.29, 0.717) is 5.56 Å². The third kappa shape index (κ3) is 3.50. The molecule has 0 aromatic heterocycles. The highest BCUT2D eigenvalue weighted by atomic mass is 19.1. The Labute approximate surface area is 120 Å². The Hall–Kier alpha value is -1.58. The lowest BCUT2D eigenvalue weighted by molar-refractivity contribution is 0.435. The molecule has 1 unspecified atom stereocenters. The first-order valence-electron chi connectivity index (χ1n) is 7.50. The molecule has 3 nitrogen and oxygen atoms in total. The highest BCUT2D eigenvalue weighted by molar-refractivity contribution is 6.00. The molecule has 0 amide bonds. The lowest BCUT2D eigenvalue weighted by atomic mass is 9.96. The van der Waals surface area contributed by atoms with Gasteiger partial charge in [-0.15, -0.1) is 0 Å². The average molecular weight is 277 g/mol. The second kappa shape index (κ2) is 6.73. The van der Waals surface area contributed by atoms with Gasteiger partial charge in [0.25, 0.3) is 0 Å². The molecule has 1 atom stereocenters. The number of rotatable bonds is 4. The Morgan fingerprint density at radius 1 is 1.40 bits per heavy atom. The Morgan fingerprint density at radius 3 is 2.90 bits per heavy atom. The summed E-state index contributed by atoms with van der Waals surface area (Å²) in [4.78, 5) is 2.26. The second-order valence-electron chi connectivity index (χ2n) is 5.65. The fourth-order valence-corrected chi connectivity index (χ4v) is 3.10. The summed E-state index contributed by atoms with van der Waals surface area (Å²) in [6.07, 6.45) is 6.11. The van der Waals surface area contributed by atoms with E-state index < -0.39 is 0 Å². The quantitative estimate of drug-likeness (QED) is 0.653. The summed E-state index contributed by atoms with van der Waals surface area (Å²) in [6.45, 7) is 4.17. The van der Waals surface area contributed by atoms with Crippen molar-refractivity contribution in [2.24, 2.45) is 11.7 Å². The standard InChI is InChI=1S/C16H24FN3/c1-2-4-12-5-3-9-20(10-8-12)15-7-6-13(17)11-14(15)16(18)19/h6-7,11-12H,2-5,8-10H2,1H3,(H3,18,19). The van der Waals surface area contributed by atoms with E-state index in [2.05, 4.69) is 11.8 Å². The molecular formula is C16H24FN3. The van der Waals surface area contributed by atoms with Crippen LogP contribution in [0.15, 0.2) is 18.2 Å². The summed E-state index contributed by atoms with van der Waals surface area (Å²) in [5.74, 6) is 0.401. The van der Waals surface area contributed by atoms with E-state index in [0.717, 1.165) is 31.1 Å². The van der Waals surface area contributed by atoms with E-state index in [9.17, 15) is 4.39 Å². The SMILES string of the molecule is CCCC1CCCN(c2ccc(F)cc2C(=N)N)CC1. The largest absolute Gasteiger partial charge is 0.384 e. The van der Waals surface area contributed by atoms with Crippen LogP contribution in [0.25, 0.3) is 0 Å². The van der Waals surface area contributed by atoms with E-state index in [-0.39, 0.29) is 11.7 Å². The number of nitrogens with one attached hydrogen (secondary N) is 1. The van der Waals surface area contributed by atoms with Gasteiger partial charge in [-0.1, -0.05) is 19.8 Å². The van der Waals surface area contributed by atoms with Gasteiger partial charge in [0.2, 0.25) is 0 Å². The van der Waals surface area contributed by atoms with Crippen LogP contribution in [-0.2, 0) is 0 Å². The van der Waals surface area contributed by atoms with Crippen molar-refractivity contribution in [3.8, 4) is 0 Å². The highest BCUT2D eigenvalue weighted by Gasteiger charge is 2.19. The maximum absolute atomic E-state index is 13.3. The summed E-state index contributed by atoms with van der Waals surface area (Å²) < 4.78 is 13.3. The third-order valence-corrected chi connectivity index (χ3v) is 4.13. The molecule has 2 rings (SSSR count). The van der Waals surface area contributed by atoms with E-state index >= 15 is 0 Å². The number of hydrogen-bond donors (Lipinski definition) is 2. The van der Waals surface area contributed by atoms with Crippen LogP contribution in [0, 0.1) is 17.1 Å². The van der Waals surface area contributed by atoms with Crippen molar-refractivity contribution in [3.05, 3.63) is 29.6 Å². The molecule has 1 aliphatic rings. The van der Waals surface area contributed by atoms with Crippen LogP contribution in [0.5, 0.6) is 0 Å². The molecule has 0 bridgehead atoms. The van der Waals surface area contributed by atoms with E-state index in [1.165, 1.54) is 37.8 Å². The number of nitrogens with zero attached hydrogens (tertiary/aromatic N) is 1. The van der Waals surface area contributed by atoms with Crippen molar-refractivity contribution < 1.29 is 4.39 Å². The molecule has 1 aromatic rings. The van der Waals surface area contributed by atoms with Gasteiger partial charge >= 0.3 is 0 Å². The van der Waals surface area contributed by atoms with Crippen molar-refractivity contribution in [2.45, 2.75) is 39.0 Å². The van der Waals surface area contributed by atoms with E-state index in [4.69, 9.17) is 11.1 Å². The van der Waals surface area contributed by atoms with Gasteiger partial charge in [-0.05, 0) is 43.4 Å². The Bertz CT molecular complexity index is 473. The van der Waals surface area contributed by atoms with Crippen LogP contribution in [0.4, 0.5) is 10.1 Å². The number of anilines is 1. The van der Waals surface area contributed by atoms with Crippen LogP contribution < -0.4 is 10.6 Å². The first-order valence-corrected chi connectivity index (χ1v) is 7.50. The topological polar surface area (TPSA) is 53.1 Å². The summed E-state index contributed by atoms with van der Waals surface area (Å²) in [5.41, 5.74) is 7.01. The highest BCUT2D eigenvalue weighted by Crippen LogP contribution is 2.28. The lowest BCUT2D eigenvalue weighted by Crippen LogP contribution is -2.27. The van der Waals surface area contributed by atoms with Gasteiger partial charge in [-0.2, -0.15) is 0 Å². The van der Waals surface area contributed by atoms with Gasteiger partial charge in [-0.25, -0.2) is 4.39 Å². The Balaban J connectivity index is 2.17. The molecule has 0 spiro atoms. The van der Waals surface area contributed by atoms with Gasteiger partial charge in [-0.3, -0.25) is 5.41 Å². The predicted octanol–water partition coefficient (Wildman–Crippen LogP) is 3.52. The number of benzene rings is 1. The zero-order chi connectivity index (χ0) is 14.5. The summed E-state index contributed by atoms with van der Waals surface area (Å²) in [6, 6.07) is 4.58. The molecule has 1 heterocycles. The van der Waals surface area contributed by atoms with Crippen molar-refractivity contribution in [1.82, 2.24) is 0 Å². The number of hydrogen-bond acceptors (Lipinski definition) is 2. The second-order valence-corrected chi connectivity index (χ2v) is 5.65. The van der Waals surface area contributed by atoms with Crippen LogP contribution in [0.3, 0.4) is 0 Å². The monoisotopic (exact) mass is 277 g/mol. The van der Waals surface area contributed by atoms with Gasteiger partial charge in [0.05, 0.1) is 0 Å². The van der Waals surface area contributed by atoms with Crippen molar-refractivity contribution in [1.29, 1.82) is 5.41 Å². The third-order valence-electron chi connectivity index (χ3n) is 4.13. The first-order chi connectivity index (χ1) is 9.61. The lowest BCUT2D eigenvalue weighted by Gasteiger charge is -2.25. The van der Waals surface area contributed by atoms with Crippen LogP contribution in [0.2, 0.25) is 0 Å². The van der Waals surface area contributed by atoms with Crippen LogP contribution in [-0.4, -0.2) is 18.9 Å². The minimum Gasteiger partial charge on any atom is -0.384 e. The zero-order valence-corrected chi connectivity index (χ0v) is 12.2. The molecule has 0 aliphatic carbocycles. The van der Waals surface area contributed by atoms with Crippen molar-refractivity contribution in [3.63, 3.8) is 0 Å². The molecule has 0 radical (unpaired) electrons. The number of amidine groups is 1. The molecule has 1 fully saturated rings. The van der Waals surface area contributed by atoms with Gasteiger partial charge in [0.1, 0.15) is 11.7 Å². The van der Waals surface area contributed by atoms with E-state index in [1.54, 1.807) is 6.07 Å². The fraction of sp³-hybridized carbons (Fsp3) is 0.562. The number of nitrogens with two attached hydrogens (primary N) is 1. The predicted molar refractivity (Wildman–Crippen MR) is 81.9 cm³/mol. The molecule has 1 aromatic carbocycles. The molecule has 1 saturated heterocycles. The minimum atomic E-state index is -0.336. The van der Waals surface area contributed by atoms with E-state index in [1.807, 2.05) is 0 Å². The smallest absolute Gasteiger partial charge is 0.125 e. The Kier molecular flexibility index (Phi) is 4.99. The van der Waals surface area contributed by atoms with Gasteiger partial charge in [0, 0.05) is 24.3 Å². The van der Waals surface area contributed by atoms with Gasteiger partial charge in [0.15, 0.2) is 0 Å².